The van der Waals surface area contributed by atoms with Crippen molar-refractivity contribution < 1.29 is 9.90 Å². The zero-order valence-electron chi connectivity index (χ0n) is 13.8. The lowest BCUT2D eigenvalue weighted by atomic mass is 9.93. The van der Waals surface area contributed by atoms with Crippen LogP contribution in [0.15, 0.2) is 30.5 Å². The van der Waals surface area contributed by atoms with Crippen molar-refractivity contribution in [2.45, 2.75) is 33.1 Å². The van der Waals surface area contributed by atoms with Gasteiger partial charge < -0.3 is 15.1 Å². The van der Waals surface area contributed by atoms with E-state index in [1.54, 1.807) is 4.57 Å². The number of Topliss-reactive ketones (excluding diaryl/α,β-unsaturated/α-hetero) is 1. The molecule has 0 radical (unpaired) electrons. The van der Waals surface area contributed by atoms with Gasteiger partial charge in [0.15, 0.2) is 11.6 Å². The fourth-order valence-electron chi connectivity index (χ4n) is 2.70. The summed E-state index contributed by atoms with van der Waals surface area (Å²) in [7, 11) is 1.81. The van der Waals surface area contributed by atoms with E-state index in [4.69, 9.17) is 5.41 Å². The minimum atomic E-state index is -0.501. The Kier molecular flexibility index (Phi) is 5.32. The maximum atomic E-state index is 11.5. The van der Waals surface area contributed by atoms with Crippen molar-refractivity contribution in [3.8, 4) is 11.3 Å². The summed E-state index contributed by atoms with van der Waals surface area (Å²) >= 11 is 0. The summed E-state index contributed by atoms with van der Waals surface area (Å²) < 4.78 is 1.73. The van der Waals surface area contributed by atoms with E-state index >= 15 is 0 Å². The normalized spacial score (nSPS) is 12.1. The minimum absolute atomic E-state index is 0.0544. The van der Waals surface area contributed by atoms with E-state index < -0.39 is 5.90 Å². The molecule has 0 unspecified atom stereocenters. The fraction of sp³-hybridized carbons (Fsp3) is 0.389. The highest BCUT2D eigenvalue weighted by Gasteiger charge is 2.11. The molecule has 0 aliphatic heterocycles. The summed E-state index contributed by atoms with van der Waals surface area (Å²) in [5.74, 6) is 0.106. The maximum absolute atomic E-state index is 11.5. The van der Waals surface area contributed by atoms with Crippen molar-refractivity contribution >= 4 is 11.7 Å². The molecular formula is C18H22N3O2-. The van der Waals surface area contributed by atoms with Gasteiger partial charge in [0.25, 0.3) is 0 Å². The number of carbonyl (C=O) groups excluding carboxylic acids is 1. The van der Waals surface area contributed by atoms with Crippen LogP contribution < -0.4 is 5.11 Å². The van der Waals surface area contributed by atoms with Crippen molar-refractivity contribution in [2.24, 2.45) is 13.0 Å². The predicted molar refractivity (Wildman–Crippen MR) is 88.5 cm³/mol. The predicted octanol–water partition coefficient (Wildman–Crippen LogP) is 2.59. The zero-order valence-corrected chi connectivity index (χ0v) is 13.8. The lowest BCUT2D eigenvalue weighted by Crippen LogP contribution is -2.20. The molecule has 0 saturated carbocycles. The van der Waals surface area contributed by atoms with E-state index in [9.17, 15) is 9.90 Å². The SMILES string of the molecule is CC[C@H](CC(=N)[O-])Cc1ccc(-c2cn(C)c(C(C)=O)n2)cc1. The van der Waals surface area contributed by atoms with Gasteiger partial charge in [-0.1, -0.05) is 37.6 Å². The van der Waals surface area contributed by atoms with Gasteiger partial charge in [0.2, 0.25) is 0 Å². The van der Waals surface area contributed by atoms with Crippen LogP contribution in [0, 0.1) is 11.3 Å². The monoisotopic (exact) mass is 312 g/mol. The van der Waals surface area contributed by atoms with E-state index in [-0.39, 0.29) is 11.7 Å². The summed E-state index contributed by atoms with van der Waals surface area (Å²) in [4.78, 5) is 15.9. The number of ketones is 1. The molecule has 2 aromatic rings. The number of benzene rings is 1. The first kappa shape index (κ1) is 16.9. The van der Waals surface area contributed by atoms with E-state index in [0.29, 0.717) is 12.2 Å². The van der Waals surface area contributed by atoms with Crippen LogP contribution in [-0.2, 0) is 13.5 Å². The van der Waals surface area contributed by atoms with Gasteiger partial charge in [-0.05, 0) is 30.2 Å². The van der Waals surface area contributed by atoms with Gasteiger partial charge in [0, 0.05) is 25.7 Å². The Morgan fingerprint density at radius 1 is 1.35 bits per heavy atom. The third-order valence-corrected chi connectivity index (χ3v) is 4.02. The molecule has 0 aliphatic rings. The summed E-state index contributed by atoms with van der Waals surface area (Å²) in [6.45, 7) is 3.55. The van der Waals surface area contributed by atoms with E-state index in [1.807, 2.05) is 44.4 Å². The molecule has 5 heteroatoms. The second-order valence-corrected chi connectivity index (χ2v) is 5.92. The molecule has 0 amide bonds. The molecule has 1 aromatic carbocycles. The summed E-state index contributed by atoms with van der Waals surface area (Å²) in [6.07, 6.45) is 3.83. The molecular weight excluding hydrogens is 290 g/mol. The van der Waals surface area contributed by atoms with Gasteiger partial charge in [-0.3, -0.25) is 4.79 Å². The molecule has 0 spiro atoms. The fourth-order valence-corrected chi connectivity index (χ4v) is 2.70. The van der Waals surface area contributed by atoms with Crippen molar-refractivity contribution in [2.75, 3.05) is 0 Å². The third kappa shape index (κ3) is 4.28. The zero-order chi connectivity index (χ0) is 17.0. The Labute approximate surface area is 136 Å². The number of nitrogens with one attached hydrogen (secondary N) is 1. The Hall–Kier alpha value is -2.43. The Balaban J connectivity index is 2.14. The highest BCUT2D eigenvalue weighted by Crippen LogP contribution is 2.21. The number of rotatable bonds is 7. The molecule has 1 aromatic heterocycles. The maximum Gasteiger partial charge on any atom is 0.195 e. The van der Waals surface area contributed by atoms with Crippen LogP contribution in [0.5, 0.6) is 0 Å². The van der Waals surface area contributed by atoms with Crippen LogP contribution in [0.1, 0.15) is 42.9 Å². The van der Waals surface area contributed by atoms with E-state index in [0.717, 1.165) is 29.7 Å². The minimum Gasteiger partial charge on any atom is -0.862 e. The molecule has 1 heterocycles. The Morgan fingerprint density at radius 3 is 2.48 bits per heavy atom. The van der Waals surface area contributed by atoms with Crippen molar-refractivity contribution in [3.05, 3.63) is 41.9 Å². The first-order chi connectivity index (χ1) is 10.9. The quantitative estimate of drug-likeness (QED) is 0.484. The smallest absolute Gasteiger partial charge is 0.195 e. The molecule has 23 heavy (non-hydrogen) atoms. The van der Waals surface area contributed by atoms with Crippen LogP contribution in [-0.4, -0.2) is 21.2 Å². The molecule has 2 rings (SSSR count). The number of aryl methyl sites for hydroxylation is 1. The molecule has 1 atom stereocenters. The van der Waals surface area contributed by atoms with Gasteiger partial charge in [0.1, 0.15) is 0 Å². The standard InChI is InChI=1S/C18H23N3O2/c1-4-13(10-17(19)23)9-14-5-7-15(8-6-14)16-11-21(3)18(20-16)12(2)22/h5-8,11,13H,4,9-10H2,1-3H3,(H2,19,23)/p-1/t13-/m0/s1. The molecule has 0 aliphatic carbocycles. The molecule has 122 valence electrons. The number of hydrogen-bond donors (Lipinski definition) is 1. The van der Waals surface area contributed by atoms with E-state index in [1.165, 1.54) is 6.92 Å². The summed E-state index contributed by atoms with van der Waals surface area (Å²) in [5.41, 5.74) is 2.88. The van der Waals surface area contributed by atoms with Gasteiger partial charge in [-0.25, -0.2) is 4.98 Å². The Bertz CT molecular complexity index is 702. The first-order valence-corrected chi connectivity index (χ1v) is 7.78. The molecule has 0 fully saturated rings. The van der Waals surface area contributed by atoms with Crippen molar-refractivity contribution in [1.29, 1.82) is 5.41 Å². The Morgan fingerprint density at radius 2 is 2.00 bits per heavy atom. The summed E-state index contributed by atoms with van der Waals surface area (Å²) in [6, 6.07) is 8.01. The topological polar surface area (TPSA) is 81.8 Å². The highest BCUT2D eigenvalue weighted by molar-refractivity contribution is 5.91. The van der Waals surface area contributed by atoms with Crippen LogP contribution >= 0.6 is 0 Å². The van der Waals surface area contributed by atoms with Crippen LogP contribution in [0.4, 0.5) is 0 Å². The average molecular weight is 312 g/mol. The van der Waals surface area contributed by atoms with Gasteiger partial charge in [-0.15, -0.1) is 0 Å². The van der Waals surface area contributed by atoms with Crippen LogP contribution in [0.3, 0.4) is 0 Å². The number of hydrogen-bond acceptors (Lipinski definition) is 4. The van der Waals surface area contributed by atoms with Crippen LogP contribution in [0.2, 0.25) is 0 Å². The van der Waals surface area contributed by atoms with Gasteiger partial charge in [0.05, 0.1) is 5.69 Å². The van der Waals surface area contributed by atoms with Gasteiger partial charge >= 0.3 is 0 Å². The van der Waals surface area contributed by atoms with Crippen LogP contribution in [0.25, 0.3) is 11.3 Å². The molecule has 5 nitrogen and oxygen atoms in total. The lowest BCUT2D eigenvalue weighted by molar-refractivity contribution is -0.221. The second kappa shape index (κ2) is 7.22. The first-order valence-electron chi connectivity index (χ1n) is 7.78. The molecule has 0 saturated heterocycles. The molecule has 1 N–H and O–H groups in total. The second-order valence-electron chi connectivity index (χ2n) is 5.92. The number of imidazole rings is 1. The summed E-state index contributed by atoms with van der Waals surface area (Å²) in [5, 5.41) is 18.1. The average Bonchev–Trinajstić information content (AvgIpc) is 2.89. The number of aromatic nitrogens is 2. The lowest BCUT2D eigenvalue weighted by Gasteiger charge is -2.17. The van der Waals surface area contributed by atoms with Gasteiger partial charge in [-0.2, -0.15) is 0 Å². The molecule has 0 bridgehead atoms. The van der Waals surface area contributed by atoms with E-state index in [2.05, 4.69) is 4.98 Å². The third-order valence-electron chi connectivity index (χ3n) is 4.02. The van der Waals surface area contributed by atoms with Crippen molar-refractivity contribution in [3.63, 3.8) is 0 Å². The largest absolute Gasteiger partial charge is 0.862 e. The number of carbonyl (C=O) groups is 1. The highest BCUT2D eigenvalue weighted by atomic mass is 16.3. The van der Waals surface area contributed by atoms with Crippen molar-refractivity contribution in [1.82, 2.24) is 9.55 Å². The number of nitrogens with zero attached hydrogens (tertiary/aromatic N) is 2.